The summed E-state index contributed by atoms with van der Waals surface area (Å²) >= 11 is 4.26. The smallest absolute Gasteiger partial charge is 0.271 e. The molecule has 2 aromatic rings. The minimum Gasteiger partial charge on any atom is -0.326 e. The van der Waals surface area contributed by atoms with Gasteiger partial charge in [0.1, 0.15) is 10.0 Å². The van der Waals surface area contributed by atoms with Gasteiger partial charge in [-0.05, 0) is 36.8 Å². The van der Waals surface area contributed by atoms with Crippen molar-refractivity contribution in [3.63, 3.8) is 0 Å². The molecule has 0 radical (unpaired) electrons. The van der Waals surface area contributed by atoms with Gasteiger partial charge in [-0.15, -0.1) is 11.3 Å². The Morgan fingerprint density at radius 1 is 1.40 bits per heavy atom. The fraction of sp³-hybridized carbons (Fsp3) is 0.167. The van der Waals surface area contributed by atoms with Crippen LogP contribution in [0.3, 0.4) is 0 Å². The van der Waals surface area contributed by atoms with E-state index in [0.29, 0.717) is 4.47 Å². The fourth-order valence-corrected chi connectivity index (χ4v) is 4.48. The van der Waals surface area contributed by atoms with Crippen molar-refractivity contribution in [2.24, 2.45) is 5.73 Å². The first kappa shape index (κ1) is 15.4. The normalized spacial score (nSPS) is 11.6. The van der Waals surface area contributed by atoms with Crippen LogP contribution < -0.4 is 10.5 Å². The Labute approximate surface area is 129 Å². The fourth-order valence-electron chi connectivity index (χ4n) is 1.59. The summed E-state index contributed by atoms with van der Waals surface area (Å²) in [6.07, 6.45) is 0. The lowest BCUT2D eigenvalue weighted by molar-refractivity contribution is 0.600. The van der Waals surface area contributed by atoms with Crippen LogP contribution in [0.2, 0.25) is 0 Å². The van der Waals surface area contributed by atoms with Gasteiger partial charge in [0.05, 0.1) is 5.69 Å². The molecule has 0 fully saturated rings. The highest BCUT2D eigenvalue weighted by Gasteiger charge is 2.20. The van der Waals surface area contributed by atoms with Crippen LogP contribution in [0.1, 0.15) is 10.4 Å². The van der Waals surface area contributed by atoms with E-state index >= 15 is 0 Å². The molecule has 8 heteroatoms. The van der Waals surface area contributed by atoms with Crippen LogP contribution >= 0.6 is 27.3 Å². The summed E-state index contributed by atoms with van der Waals surface area (Å²) < 4.78 is 41.0. The predicted octanol–water partition coefficient (Wildman–Crippen LogP) is 3.22. The third-order valence-corrected chi connectivity index (χ3v) is 6.21. The molecule has 0 amide bonds. The molecule has 0 bridgehead atoms. The second kappa shape index (κ2) is 5.80. The molecular formula is C12H12BrFN2O2S2. The van der Waals surface area contributed by atoms with Crippen LogP contribution in [-0.4, -0.2) is 8.42 Å². The van der Waals surface area contributed by atoms with E-state index in [4.69, 9.17) is 5.73 Å². The van der Waals surface area contributed by atoms with Crippen LogP contribution in [0.25, 0.3) is 0 Å². The summed E-state index contributed by atoms with van der Waals surface area (Å²) in [5.74, 6) is -0.635. The first-order valence-corrected chi connectivity index (χ1v) is 8.70. The molecule has 0 aliphatic rings. The average molecular weight is 379 g/mol. The summed E-state index contributed by atoms with van der Waals surface area (Å²) in [6, 6.07) is 5.59. The van der Waals surface area contributed by atoms with Gasteiger partial charge in [0.2, 0.25) is 0 Å². The van der Waals surface area contributed by atoms with Gasteiger partial charge in [0, 0.05) is 15.9 Å². The number of nitrogens with one attached hydrogen (secondary N) is 1. The van der Waals surface area contributed by atoms with Gasteiger partial charge in [-0.1, -0.05) is 15.9 Å². The van der Waals surface area contributed by atoms with Crippen molar-refractivity contribution in [3.05, 3.63) is 45.0 Å². The van der Waals surface area contributed by atoms with E-state index in [-0.39, 0.29) is 16.4 Å². The van der Waals surface area contributed by atoms with Crippen LogP contribution in [0.15, 0.2) is 32.9 Å². The van der Waals surface area contributed by atoms with E-state index in [1.54, 1.807) is 6.92 Å². The number of thiophene rings is 1. The Morgan fingerprint density at radius 3 is 2.70 bits per heavy atom. The molecule has 0 aliphatic heterocycles. The summed E-state index contributed by atoms with van der Waals surface area (Å²) in [6.45, 7) is 2.06. The zero-order valence-electron chi connectivity index (χ0n) is 10.5. The lowest BCUT2D eigenvalue weighted by atomic mass is 10.3. The topological polar surface area (TPSA) is 72.2 Å². The molecule has 0 aliphatic carbocycles. The molecule has 0 spiro atoms. The maximum absolute atomic E-state index is 13.6. The van der Waals surface area contributed by atoms with Gasteiger partial charge >= 0.3 is 0 Å². The molecule has 108 valence electrons. The van der Waals surface area contributed by atoms with Crippen LogP contribution in [0, 0.1) is 12.7 Å². The largest absolute Gasteiger partial charge is 0.326 e. The molecule has 2 rings (SSSR count). The standard InChI is InChI=1S/C12H12BrFN2O2S2/c1-7-4-12(19-11(7)6-15)20(17,18)16-10-5-8(13)2-3-9(10)14/h2-5,16H,6,15H2,1H3. The number of hydrogen-bond acceptors (Lipinski definition) is 4. The number of rotatable bonds is 4. The van der Waals surface area contributed by atoms with Gasteiger partial charge in [0.15, 0.2) is 0 Å². The van der Waals surface area contributed by atoms with Crippen molar-refractivity contribution in [3.8, 4) is 0 Å². The maximum atomic E-state index is 13.6. The third kappa shape index (κ3) is 3.20. The molecule has 0 unspecified atom stereocenters. The minimum atomic E-state index is -3.81. The number of halogens is 2. The van der Waals surface area contributed by atoms with Crippen molar-refractivity contribution in [2.45, 2.75) is 17.7 Å². The molecule has 0 saturated carbocycles. The average Bonchev–Trinajstić information content (AvgIpc) is 2.76. The zero-order chi connectivity index (χ0) is 14.9. The molecule has 1 heterocycles. The van der Waals surface area contributed by atoms with E-state index in [1.165, 1.54) is 24.3 Å². The van der Waals surface area contributed by atoms with Crippen LogP contribution in [0.4, 0.5) is 10.1 Å². The SMILES string of the molecule is Cc1cc(S(=O)(=O)Nc2cc(Br)ccc2F)sc1CN. The van der Waals surface area contributed by atoms with Gasteiger partial charge in [-0.2, -0.15) is 0 Å². The first-order valence-electron chi connectivity index (χ1n) is 5.60. The summed E-state index contributed by atoms with van der Waals surface area (Å²) in [4.78, 5) is 0.792. The van der Waals surface area contributed by atoms with Crippen LogP contribution in [-0.2, 0) is 16.6 Å². The van der Waals surface area contributed by atoms with Gasteiger partial charge < -0.3 is 5.73 Å². The molecule has 20 heavy (non-hydrogen) atoms. The summed E-state index contributed by atoms with van der Waals surface area (Å²) in [5.41, 5.74) is 6.25. The summed E-state index contributed by atoms with van der Waals surface area (Å²) in [7, 11) is -3.81. The minimum absolute atomic E-state index is 0.0975. The monoisotopic (exact) mass is 378 g/mol. The highest BCUT2D eigenvalue weighted by Crippen LogP contribution is 2.29. The van der Waals surface area contributed by atoms with E-state index < -0.39 is 15.8 Å². The van der Waals surface area contributed by atoms with E-state index in [2.05, 4.69) is 20.7 Å². The van der Waals surface area contributed by atoms with Gasteiger partial charge in [0.25, 0.3) is 10.0 Å². The maximum Gasteiger partial charge on any atom is 0.271 e. The second-order valence-electron chi connectivity index (χ2n) is 4.11. The molecule has 0 atom stereocenters. The first-order chi connectivity index (χ1) is 9.33. The zero-order valence-corrected chi connectivity index (χ0v) is 13.7. The molecule has 1 aromatic heterocycles. The number of anilines is 1. The predicted molar refractivity (Wildman–Crippen MR) is 81.9 cm³/mol. The Hall–Kier alpha value is -0.960. The van der Waals surface area contributed by atoms with Crippen molar-refractivity contribution >= 4 is 43.0 Å². The number of hydrogen-bond donors (Lipinski definition) is 2. The van der Waals surface area contributed by atoms with Gasteiger partial charge in [-0.25, -0.2) is 12.8 Å². The van der Waals surface area contributed by atoms with E-state index in [0.717, 1.165) is 21.8 Å². The highest BCUT2D eigenvalue weighted by molar-refractivity contribution is 9.10. The lowest BCUT2D eigenvalue weighted by Gasteiger charge is -2.07. The molecule has 1 aromatic carbocycles. The number of sulfonamides is 1. The molecular weight excluding hydrogens is 367 g/mol. The Balaban J connectivity index is 2.37. The molecule has 0 saturated heterocycles. The Kier molecular flexibility index (Phi) is 4.48. The quantitative estimate of drug-likeness (QED) is 0.857. The number of aryl methyl sites for hydroxylation is 1. The van der Waals surface area contributed by atoms with E-state index in [1.807, 2.05) is 0 Å². The molecule has 4 nitrogen and oxygen atoms in total. The lowest BCUT2D eigenvalue weighted by Crippen LogP contribution is -2.12. The second-order valence-corrected chi connectivity index (χ2v) is 8.07. The summed E-state index contributed by atoms with van der Waals surface area (Å²) in [5, 5.41) is 0. The Bertz CT molecular complexity index is 744. The number of benzene rings is 1. The highest BCUT2D eigenvalue weighted by atomic mass is 79.9. The van der Waals surface area contributed by atoms with Crippen molar-refractivity contribution in [2.75, 3.05) is 4.72 Å². The molecule has 3 N–H and O–H groups in total. The number of nitrogens with two attached hydrogens (primary N) is 1. The third-order valence-electron chi connectivity index (χ3n) is 2.62. The van der Waals surface area contributed by atoms with Crippen molar-refractivity contribution in [1.29, 1.82) is 0 Å². The van der Waals surface area contributed by atoms with Crippen molar-refractivity contribution in [1.82, 2.24) is 0 Å². The Morgan fingerprint density at radius 2 is 2.10 bits per heavy atom. The van der Waals surface area contributed by atoms with Crippen molar-refractivity contribution < 1.29 is 12.8 Å². The van der Waals surface area contributed by atoms with Gasteiger partial charge in [-0.3, -0.25) is 4.72 Å². The van der Waals surface area contributed by atoms with E-state index in [9.17, 15) is 12.8 Å². The van der Waals surface area contributed by atoms with Crippen LogP contribution in [0.5, 0.6) is 0 Å².